The standard InChI is InChI=1S/C21H33N3O2.ClH/c25-17(23-11-8-19(15-23)3-1-4-19)13-21(7-10-22-14-21)18(26)24-12-9-20(16-24)5-2-6-20;/h22H,1-16H2;1H. The Morgan fingerprint density at radius 1 is 0.815 bits per heavy atom. The lowest BCUT2D eigenvalue weighted by Crippen LogP contribution is -2.48. The Labute approximate surface area is 169 Å². The van der Waals surface area contributed by atoms with Crippen molar-refractivity contribution < 1.29 is 9.59 Å². The predicted octanol–water partition coefficient (Wildman–Crippen LogP) is 2.58. The average Bonchev–Trinajstić information content (AvgIpc) is 3.30. The summed E-state index contributed by atoms with van der Waals surface area (Å²) < 4.78 is 0. The maximum absolute atomic E-state index is 13.5. The van der Waals surface area contributed by atoms with Gasteiger partial charge in [0.1, 0.15) is 0 Å². The molecule has 2 amide bonds. The van der Waals surface area contributed by atoms with Crippen LogP contribution in [0.4, 0.5) is 0 Å². The smallest absolute Gasteiger partial charge is 0.230 e. The van der Waals surface area contributed by atoms with Crippen LogP contribution in [-0.2, 0) is 9.59 Å². The maximum atomic E-state index is 13.5. The zero-order valence-corrected chi connectivity index (χ0v) is 17.2. The Hall–Kier alpha value is -0.810. The second-order valence-electron chi connectivity index (χ2n) is 10.1. The fraction of sp³-hybridized carbons (Fsp3) is 0.905. The van der Waals surface area contributed by atoms with Gasteiger partial charge in [-0.25, -0.2) is 0 Å². The molecule has 2 aliphatic carbocycles. The minimum Gasteiger partial charge on any atom is -0.342 e. The molecule has 6 heteroatoms. The number of rotatable bonds is 3. The number of carbonyl (C=O) groups excluding carboxylic acids is 2. The SMILES string of the molecule is Cl.O=C(CC1(C(=O)N2CCC3(CCC3)C2)CCNC1)N1CCC2(CCC2)C1. The highest BCUT2D eigenvalue weighted by atomic mass is 35.5. The van der Waals surface area contributed by atoms with Crippen molar-refractivity contribution in [3.8, 4) is 0 Å². The molecule has 0 bridgehead atoms. The minimum atomic E-state index is -0.484. The lowest BCUT2D eigenvalue weighted by Gasteiger charge is -2.39. The van der Waals surface area contributed by atoms with Gasteiger partial charge in [0.05, 0.1) is 5.41 Å². The molecule has 5 rings (SSSR count). The Balaban J connectivity index is 0.00000180. The van der Waals surface area contributed by atoms with E-state index in [4.69, 9.17) is 0 Å². The highest BCUT2D eigenvalue weighted by molar-refractivity contribution is 5.90. The lowest BCUT2D eigenvalue weighted by atomic mass is 9.68. The van der Waals surface area contributed by atoms with Gasteiger partial charge >= 0.3 is 0 Å². The summed E-state index contributed by atoms with van der Waals surface area (Å²) in [7, 11) is 0. The van der Waals surface area contributed by atoms with Gasteiger partial charge in [-0.1, -0.05) is 12.8 Å². The molecule has 3 aliphatic heterocycles. The number of halogens is 1. The summed E-state index contributed by atoms with van der Waals surface area (Å²) in [4.78, 5) is 30.7. The van der Waals surface area contributed by atoms with Gasteiger partial charge in [-0.15, -0.1) is 12.4 Å². The van der Waals surface area contributed by atoms with Gasteiger partial charge in [0.15, 0.2) is 0 Å². The number of likely N-dealkylation sites (tertiary alicyclic amines) is 2. The van der Waals surface area contributed by atoms with Crippen LogP contribution in [0.5, 0.6) is 0 Å². The molecule has 2 spiro atoms. The van der Waals surface area contributed by atoms with Gasteiger partial charge in [0.2, 0.25) is 11.8 Å². The summed E-state index contributed by atoms with van der Waals surface area (Å²) in [5.74, 6) is 0.487. The number of amides is 2. The first-order chi connectivity index (χ1) is 12.5. The van der Waals surface area contributed by atoms with Crippen molar-refractivity contribution in [1.82, 2.24) is 15.1 Å². The van der Waals surface area contributed by atoms with Crippen molar-refractivity contribution in [3.05, 3.63) is 0 Å². The molecule has 5 aliphatic rings. The molecule has 27 heavy (non-hydrogen) atoms. The van der Waals surface area contributed by atoms with Crippen LogP contribution >= 0.6 is 12.4 Å². The second-order valence-corrected chi connectivity index (χ2v) is 10.1. The van der Waals surface area contributed by atoms with Crippen molar-refractivity contribution in [2.24, 2.45) is 16.2 Å². The molecule has 1 N–H and O–H groups in total. The van der Waals surface area contributed by atoms with Gasteiger partial charge in [-0.3, -0.25) is 9.59 Å². The average molecular weight is 396 g/mol. The van der Waals surface area contributed by atoms with Crippen molar-refractivity contribution in [3.63, 3.8) is 0 Å². The van der Waals surface area contributed by atoms with Crippen LogP contribution in [0.3, 0.4) is 0 Å². The molecule has 1 atom stereocenters. The highest BCUT2D eigenvalue weighted by Crippen LogP contribution is 2.50. The maximum Gasteiger partial charge on any atom is 0.230 e. The molecule has 0 aromatic carbocycles. The van der Waals surface area contributed by atoms with Gasteiger partial charge in [0.25, 0.3) is 0 Å². The number of nitrogens with zero attached hydrogens (tertiary/aromatic N) is 2. The van der Waals surface area contributed by atoms with Crippen molar-refractivity contribution in [1.29, 1.82) is 0 Å². The Bertz CT molecular complexity index is 609. The molecular weight excluding hydrogens is 362 g/mol. The van der Waals surface area contributed by atoms with Crippen LogP contribution in [0, 0.1) is 16.2 Å². The summed E-state index contributed by atoms with van der Waals surface area (Å²) in [5, 5.41) is 3.38. The van der Waals surface area contributed by atoms with E-state index in [1.54, 1.807) is 0 Å². The van der Waals surface area contributed by atoms with Crippen LogP contribution in [0.2, 0.25) is 0 Å². The van der Waals surface area contributed by atoms with E-state index in [0.29, 0.717) is 23.8 Å². The van der Waals surface area contributed by atoms with Crippen molar-refractivity contribution in [2.75, 3.05) is 39.3 Å². The molecule has 3 heterocycles. The van der Waals surface area contributed by atoms with Gasteiger partial charge in [-0.2, -0.15) is 0 Å². The molecule has 2 saturated carbocycles. The Kier molecular flexibility index (Phi) is 4.99. The van der Waals surface area contributed by atoms with Crippen LogP contribution in [0.15, 0.2) is 0 Å². The third-order valence-electron chi connectivity index (χ3n) is 8.53. The molecule has 5 fully saturated rings. The number of hydrogen-bond acceptors (Lipinski definition) is 3. The largest absolute Gasteiger partial charge is 0.342 e. The van der Waals surface area contributed by atoms with Crippen LogP contribution in [0.25, 0.3) is 0 Å². The second kappa shape index (κ2) is 6.91. The topological polar surface area (TPSA) is 52.7 Å². The number of hydrogen-bond donors (Lipinski definition) is 1. The fourth-order valence-electron chi connectivity index (χ4n) is 6.32. The molecule has 3 saturated heterocycles. The molecule has 0 aromatic rings. The highest BCUT2D eigenvalue weighted by Gasteiger charge is 2.52. The summed E-state index contributed by atoms with van der Waals surface area (Å²) >= 11 is 0. The van der Waals surface area contributed by atoms with Gasteiger partial charge in [-0.05, 0) is 62.3 Å². The summed E-state index contributed by atoms with van der Waals surface area (Å²) in [6.07, 6.45) is 11.4. The van der Waals surface area contributed by atoms with Crippen LogP contribution < -0.4 is 5.32 Å². The van der Waals surface area contributed by atoms with E-state index in [-0.39, 0.29) is 24.2 Å². The van der Waals surface area contributed by atoms with E-state index in [1.165, 1.54) is 51.4 Å². The first kappa shape index (κ1) is 19.5. The van der Waals surface area contributed by atoms with Gasteiger partial charge in [0, 0.05) is 39.1 Å². The Morgan fingerprint density at radius 2 is 1.41 bits per heavy atom. The van der Waals surface area contributed by atoms with E-state index in [9.17, 15) is 9.59 Å². The van der Waals surface area contributed by atoms with E-state index in [0.717, 1.165) is 39.1 Å². The van der Waals surface area contributed by atoms with Crippen molar-refractivity contribution >= 4 is 24.2 Å². The van der Waals surface area contributed by atoms with Gasteiger partial charge < -0.3 is 15.1 Å². The quantitative estimate of drug-likeness (QED) is 0.799. The third kappa shape index (κ3) is 3.19. The summed E-state index contributed by atoms with van der Waals surface area (Å²) in [6.45, 7) is 5.23. The van der Waals surface area contributed by atoms with E-state index < -0.39 is 5.41 Å². The third-order valence-corrected chi connectivity index (χ3v) is 8.53. The zero-order valence-electron chi connectivity index (χ0n) is 16.4. The summed E-state index contributed by atoms with van der Waals surface area (Å²) in [5.41, 5.74) is 0.381. The Morgan fingerprint density at radius 3 is 1.89 bits per heavy atom. The first-order valence-electron chi connectivity index (χ1n) is 10.8. The fourth-order valence-corrected chi connectivity index (χ4v) is 6.32. The van der Waals surface area contributed by atoms with E-state index >= 15 is 0 Å². The van der Waals surface area contributed by atoms with Crippen molar-refractivity contribution in [2.45, 2.75) is 64.2 Å². The number of carbonyl (C=O) groups is 2. The summed E-state index contributed by atoms with van der Waals surface area (Å²) in [6, 6.07) is 0. The molecule has 5 nitrogen and oxygen atoms in total. The van der Waals surface area contributed by atoms with Crippen LogP contribution in [0.1, 0.15) is 64.2 Å². The van der Waals surface area contributed by atoms with E-state index in [2.05, 4.69) is 15.1 Å². The lowest BCUT2D eigenvalue weighted by molar-refractivity contribution is -0.146. The molecule has 1 unspecified atom stereocenters. The molecule has 0 radical (unpaired) electrons. The monoisotopic (exact) mass is 395 g/mol. The zero-order chi connectivity index (χ0) is 17.8. The number of nitrogens with one attached hydrogen (secondary N) is 1. The van der Waals surface area contributed by atoms with Crippen LogP contribution in [-0.4, -0.2) is 60.9 Å². The predicted molar refractivity (Wildman–Crippen MR) is 107 cm³/mol. The molecular formula is C21H34ClN3O2. The molecule has 152 valence electrons. The minimum absolute atomic E-state index is 0. The van der Waals surface area contributed by atoms with E-state index in [1.807, 2.05) is 0 Å². The first-order valence-corrected chi connectivity index (χ1v) is 10.8. The normalized spacial score (nSPS) is 33.0. The molecule has 0 aromatic heterocycles.